The molecule has 0 fully saturated rings. The lowest BCUT2D eigenvalue weighted by Gasteiger charge is -2.21. The van der Waals surface area contributed by atoms with Crippen LogP contribution >= 0.6 is 0 Å². The predicted octanol–water partition coefficient (Wildman–Crippen LogP) is 2.31. The summed E-state index contributed by atoms with van der Waals surface area (Å²) in [7, 11) is -3.47. The molecule has 2 unspecified atom stereocenters. The third-order valence-corrected chi connectivity index (χ3v) is 4.82. The number of benzene rings is 2. The largest absolute Gasteiger partial charge is 0.345 e. The van der Waals surface area contributed by atoms with Crippen LogP contribution in [0.3, 0.4) is 0 Å². The summed E-state index contributed by atoms with van der Waals surface area (Å²) >= 11 is 0. The molecule has 2 rings (SSSR count). The molecule has 5 nitrogen and oxygen atoms in total. The molecule has 0 bridgehead atoms. The van der Waals surface area contributed by atoms with Gasteiger partial charge in [-0.3, -0.25) is 4.79 Å². The summed E-state index contributed by atoms with van der Waals surface area (Å²) < 4.78 is 50.5. The van der Waals surface area contributed by atoms with E-state index in [2.05, 4.69) is 5.32 Å². The third kappa shape index (κ3) is 5.09. The Bertz CT molecular complexity index is 914. The van der Waals surface area contributed by atoms with E-state index >= 15 is 0 Å². The first-order valence-corrected chi connectivity index (χ1v) is 9.77. The van der Waals surface area contributed by atoms with Gasteiger partial charge in [-0.15, -0.1) is 0 Å². The highest BCUT2D eigenvalue weighted by Gasteiger charge is 2.20. The minimum Gasteiger partial charge on any atom is -0.345 e. The first kappa shape index (κ1) is 20.0. The van der Waals surface area contributed by atoms with Crippen LogP contribution in [-0.4, -0.2) is 26.6 Å². The fourth-order valence-corrected chi connectivity index (χ4v) is 3.16. The fraction of sp³-hybridized carbons (Fsp3) is 0.278. The van der Waals surface area contributed by atoms with E-state index in [-0.39, 0.29) is 28.8 Å². The second-order valence-corrected chi connectivity index (χ2v) is 8.22. The summed E-state index contributed by atoms with van der Waals surface area (Å²) in [6, 6.07) is 7.97. The number of nitrogens with one attached hydrogen (secondary N) is 1. The number of carbonyl (C=O) groups is 1. The van der Waals surface area contributed by atoms with Crippen molar-refractivity contribution in [1.29, 1.82) is 0 Å². The maximum Gasteiger partial charge on any atom is 0.222 e. The Kier molecular flexibility index (Phi) is 6.09. The van der Waals surface area contributed by atoms with Crippen molar-refractivity contribution in [2.24, 2.45) is 5.73 Å². The normalized spacial score (nSPS) is 13.9. The Balaban J connectivity index is 2.49. The SMILES string of the molecule is CC(N)CC(=O)NC(c1cccc(S(C)(=O)=O)c1)c1ccc(F)c(F)c1. The predicted molar refractivity (Wildman–Crippen MR) is 94.2 cm³/mol. The van der Waals surface area contributed by atoms with E-state index in [1.54, 1.807) is 13.0 Å². The van der Waals surface area contributed by atoms with Crippen LogP contribution in [0.25, 0.3) is 0 Å². The van der Waals surface area contributed by atoms with Crippen molar-refractivity contribution >= 4 is 15.7 Å². The van der Waals surface area contributed by atoms with Gasteiger partial charge in [-0.2, -0.15) is 0 Å². The fourth-order valence-electron chi connectivity index (χ4n) is 2.49. The highest BCUT2D eigenvalue weighted by atomic mass is 32.2. The molecular weight excluding hydrogens is 362 g/mol. The van der Waals surface area contributed by atoms with Gasteiger partial charge in [-0.25, -0.2) is 17.2 Å². The summed E-state index contributed by atoms with van der Waals surface area (Å²) in [6.45, 7) is 1.66. The molecule has 0 aromatic heterocycles. The maximum atomic E-state index is 13.7. The van der Waals surface area contributed by atoms with Gasteiger partial charge in [0.2, 0.25) is 5.91 Å². The number of carbonyl (C=O) groups excluding carboxylic acids is 1. The van der Waals surface area contributed by atoms with Crippen molar-refractivity contribution in [3.05, 3.63) is 65.2 Å². The van der Waals surface area contributed by atoms with Crippen molar-refractivity contribution in [1.82, 2.24) is 5.32 Å². The van der Waals surface area contributed by atoms with Gasteiger partial charge in [0.15, 0.2) is 21.5 Å². The van der Waals surface area contributed by atoms with Gasteiger partial charge in [0.05, 0.1) is 10.9 Å². The van der Waals surface area contributed by atoms with Gasteiger partial charge >= 0.3 is 0 Å². The van der Waals surface area contributed by atoms with Crippen LogP contribution in [0.2, 0.25) is 0 Å². The third-order valence-electron chi connectivity index (χ3n) is 3.71. The van der Waals surface area contributed by atoms with E-state index < -0.39 is 27.5 Å². The standard InChI is InChI=1S/C18H20F2N2O3S/c1-11(21)8-17(23)22-18(13-6-7-15(19)16(20)10-13)12-4-3-5-14(9-12)26(2,24)25/h3-7,9-11,18H,8,21H2,1-2H3,(H,22,23). The molecule has 0 spiro atoms. The quantitative estimate of drug-likeness (QED) is 0.802. The van der Waals surface area contributed by atoms with Crippen molar-refractivity contribution in [2.45, 2.75) is 30.3 Å². The Hall–Kier alpha value is -2.32. The molecule has 2 aromatic carbocycles. The van der Waals surface area contributed by atoms with Gasteiger partial charge in [0.1, 0.15) is 0 Å². The molecule has 0 aliphatic carbocycles. The monoisotopic (exact) mass is 382 g/mol. The van der Waals surface area contributed by atoms with Gasteiger partial charge in [-0.1, -0.05) is 18.2 Å². The maximum absolute atomic E-state index is 13.7. The molecule has 0 saturated carbocycles. The molecule has 0 aliphatic heterocycles. The van der Waals surface area contributed by atoms with Gasteiger partial charge in [-0.05, 0) is 42.3 Å². The zero-order valence-electron chi connectivity index (χ0n) is 14.4. The van der Waals surface area contributed by atoms with Crippen molar-refractivity contribution in [3.8, 4) is 0 Å². The zero-order valence-corrected chi connectivity index (χ0v) is 15.2. The van der Waals surface area contributed by atoms with Crippen LogP contribution in [0.4, 0.5) is 8.78 Å². The Morgan fingerprint density at radius 1 is 1.12 bits per heavy atom. The molecule has 0 heterocycles. The van der Waals surface area contributed by atoms with Gasteiger partial charge in [0, 0.05) is 18.7 Å². The first-order valence-electron chi connectivity index (χ1n) is 7.88. The Labute approximate surface area is 151 Å². The van der Waals surface area contributed by atoms with Crippen LogP contribution in [0.15, 0.2) is 47.4 Å². The molecule has 8 heteroatoms. The van der Waals surface area contributed by atoms with Crippen LogP contribution in [0.1, 0.15) is 30.5 Å². The van der Waals surface area contributed by atoms with Crippen molar-refractivity contribution < 1.29 is 22.0 Å². The van der Waals surface area contributed by atoms with E-state index in [1.165, 1.54) is 24.3 Å². The lowest BCUT2D eigenvalue weighted by Crippen LogP contribution is -2.33. The number of hydrogen-bond donors (Lipinski definition) is 2. The summed E-state index contributed by atoms with van der Waals surface area (Å²) in [6.07, 6.45) is 1.10. The van der Waals surface area contributed by atoms with Crippen molar-refractivity contribution in [2.75, 3.05) is 6.26 Å². The van der Waals surface area contributed by atoms with Crippen LogP contribution in [-0.2, 0) is 14.6 Å². The molecule has 1 amide bonds. The molecule has 26 heavy (non-hydrogen) atoms. The summed E-state index contributed by atoms with van der Waals surface area (Å²) in [5.74, 6) is -2.47. The van der Waals surface area contributed by atoms with E-state index in [0.29, 0.717) is 5.56 Å². The van der Waals surface area contributed by atoms with Crippen LogP contribution in [0, 0.1) is 11.6 Å². The average molecular weight is 382 g/mol. The molecule has 140 valence electrons. The minimum absolute atomic E-state index is 0.0337. The van der Waals surface area contributed by atoms with Gasteiger partial charge < -0.3 is 11.1 Å². The zero-order chi connectivity index (χ0) is 19.5. The van der Waals surface area contributed by atoms with Crippen LogP contribution in [0.5, 0.6) is 0 Å². The van der Waals surface area contributed by atoms with E-state index in [4.69, 9.17) is 5.73 Å². The molecule has 3 N–H and O–H groups in total. The highest BCUT2D eigenvalue weighted by molar-refractivity contribution is 7.90. The smallest absolute Gasteiger partial charge is 0.222 e. The molecule has 0 saturated heterocycles. The summed E-state index contributed by atoms with van der Waals surface area (Å²) in [5, 5.41) is 2.70. The molecule has 2 atom stereocenters. The highest BCUT2D eigenvalue weighted by Crippen LogP contribution is 2.26. The molecule has 0 aliphatic rings. The number of rotatable bonds is 6. The molecule has 0 radical (unpaired) electrons. The number of nitrogens with two attached hydrogens (primary N) is 1. The first-order chi connectivity index (χ1) is 12.1. The summed E-state index contributed by atoms with van der Waals surface area (Å²) in [4.78, 5) is 12.2. The topological polar surface area (TPSA) is 89.3 Å². The van der Waals surface area contributed by atoms with Gasteiger partial charge in [0.25, 0.3) is 0 Å². The van der Waals surface area contributed by atoms with E-state index in [0.717, 1.165) is 18.4 Å². The van der Waals surface area contributed by atoms with E-state index in [9.17, 15) is 22.0 Å². The second-order valence-electron chi connectivity index (χ2n) is 6.20. The van der Waals surface area contributed by atoms with Crippen LogP contribution < -0.4 is 11.1 Å². The molecular formula is C18H20F2N2O3S. The lowest BCUT2D eigenvalue weighted by atomic mass is 9.98. The average Bonchev–Trinajstić information content (AvgIpc) is 2.54. The second kappa shape index (κ2) is 7.92. The minimum atomic E-state index is -3.47. The number of amides is 1. The van der Waals surface area contributed by atoms with Crippen molar-refractivity contribution in [3.63, 3.8) is 0 Å². The van der Waals surface area contributed by atoms with E-state index in [1.807, 2.05) is 0 Å². The number of hydrogen-bond acceptors (Lipinski definition) is 4. The molecule has 2 aromatic rings. The Morgan fingerprint density at radius 3 is 2.35 bits per heavy atom. The number of sulfone groups is 1. The summed E-state index contributed by atoms with van der Waals surface area (Å²) in [5.41, 5.74) is 6.33. The number of halogens is 2. The Morgan fingerprint density at radius 2 is 1.77 bits per heavy atom. The lowest BCUT2D eigenvalue weighted by molar-refractivity contribution is -0.121.